The fraction of sp³-hybridized carbons (Fsp3) is 0.500. The van der Waals surface area contributed by atoms with E-state index in [0.29, 0.717) is 66.0 Å². The van der Waals surface area contributed by atoms with Crippen molar-refractivity contribution in [3.63, 3.8) is 0 Å². The first-order chi connectivity index (χ1) is 20.9. The Bertz CT molecular complexity index is 1540. The Kier molecular flexibility index (Phi) is 9.09. The van der Waals surface area contributed by atoms with Gasteiger partial charge in [-0.3, -0.25) is 14.9 Å². The molecule has 0 bridgehead atoms. The van der Waals surface area contributed by atoms with Gasteiger partial charge in [0.2, 0.25) is 5.91 Å². The van der Waals surface area contributed by atoms with Gasteiger partial charge in [0.1, 0.15) is 17.7 Å². The minimum absolute atomic E-state index is 0.0631. The number of piperidine rings is 2. The quantitative estimate of drug-likeness (QED) is 0.252. The molecule has 1 atom stereocenters. The molecular weight excluding hydrogens is 581 g/mol. The fourth-order valence-corrected chi connectivity index (χ4v) is 5.76. The maximum atomic E-state index is 13.5. The Balaban J connectivity index is 1.37. The number of ether oxygens (including phenoxy) is 2. The number of nitrogens with one attached hydrogen (secondary N) is 2. The molecule has 0 radical (unpaired) electrons. The van der Waals surface area contributed by atoms with Gasteiger partial charge < -0.3 is 25.0 Å². The number of amides is 1. The summed E-state index contributed by atoms with van der Waals surface area (Å²) in [5, 5.41) is 18.3. The molecule has 236 valence electrons. The average molecular weight is 617 g/mol. The molecule has 1 amide bonds. The van der Waals surface area contributed by atoms with Crippen LogP contribution in [-0.4, -0.2) is 65.1 Å². The zero-order chi connectivity index (χ0) is 31.6. The second-order valence-corrected chi connectivity index (χ2v) is 11.2. The van der Waals surface area contributed by atoms with Crippen molar-refractivity contribution < 1.29 is 32.4 Å². The van der Waals surface area contributed by atoms with Crippen LogP contribution >= 0.6 is 0 Å². The lowest BCUT2D eigenvalue weighted by Gasteiger charge is -2.35. The smallest absolute Gasteiger partial charge is 0.416 e. The van der Waals surface area contributed by atoms with Crippen LogP contribution in [0, 0.1) is 23.0 Å². The monoisotopic (exact) mass is 616 g/mol. The molecule has 0 spiro atoms. The highest BCUT2D eigenvalue weighted by Gasteiger charge is 2.34. The summed E-state index contributed by atoms with van der Waals surface area (Å²) in [4.78, 5) is 34.4. The number of rotatable bonds is 8. The summed E-state index contributed by atoms with van der Waals surface area (Å²) >= 11 is 0. The molecule has 2 N–H and O–H groups in total. The van der Waals surface area contributed by atoms with E-state index in [2.05, 4.69) is 20.6 Å². The van der Waals surface area contributed by atoms with Crippen LogP contribution in [0.15, 0.2) is 30.3 Å². The van der Waals surface area contributed by atoms with Crippen LogP contribution in [-0.2, 0) is 11.0 Å². The minimum atomic E-state index is -4.75. The predicted octanol–water partition coefficient (Wildman–Crippen LogP) is 5.42. The van der Waals surface area contributed by atoms with Crippen LogP contribution in [0.3, 0.4) is 0 Å². The minimum Gasteiger partial charge on any atom is -0.493 e. The normalized spacial score (nSPS) is 17.4. The number of alkyl halides is 3. The van der Waals surface area contributed by atoms with E-state index < -0.39 is 28.4 Å². The van der Waals surface area contributed by atoms with Crippen LogP contribution in [0.2, 0.25) is 0 Å². The Morgan fingerprint density at radius 1 is 1.09 bits per heavy atom. The van der Waals surface area contributed by atoms with Gasteiger partial charge in [0.15, 0.2) is 11.5 Å². The van der Waals surface area contributed by atoms with E-state index in [9.17, 15) is 28.1 Å². The van der Waals surface area contributed by atoms with Crippen molar-refractivity contribution in [1.82, 2.24) is 20.2 Å². The number of carbonyl (C=O) groups is 1. The number of aromatic nitrogens is 2. The van der Waals surface area contributed by atoms with Crippen molar-refractivity contribution in [3.05, 3.63) is 57.4 Å². The topological polar surface area (TPSA) is 132 Å². The molecule has 14 heteroatoms. The molecule has 2 aliphatic heterocycles. The number of carbonyl (C=O) groups excluding carboxylic acids is 1. The maximum Gasteiger partial charge on any atom is 0.416 e. The molecule has 3 aromatic rings. The van der Waals surface area contributed by atoms with Crippen molar-refractivity contribution in [3.8, 4) is 11.5 Å². The molecule has 0 unspecified atom stereocenters. The van der Waals surface area contributed by atoms with Gasteiger partial charge in [-0.1, -0.05) is 0 Å². The van der Waals surface area contributed by atoms with E-state index in [0.717, 1.165) is 38.1 Å². The zero-order valence-electron chi connectivity index (χ0n) is 24.7. The summed E-state index contributed by atoms with van der Waals surface area (Å²) in [5.41, 5.74) is -1.17. The molecule has 2 aliphatic rings. The lowest BCUT2D eigenvalue weighted by molar-refractivity contribution is -0.385. The van der Waals surface area contributed by atoms with Crippen molar-refractivity contribution in [2.75, 3.05) is 38.6 Å². The lowest BCUT2D eigenvalue weighted by Crippen LogP contribution is -2.46. The predicted molar refractivity (Wildman–Crippen MR) is 157 cm³/mol. The number of non-ortho nitro benzene ring substituents is 1. The second kappa shape index (κ2) is 12.8. The largest absolute Gasteiger partial charge is 0.493 e. The summed E-state index contributed by atoms with van der Waals surface area (Å²) in [5.74, 6) is 1.90. The maximum absolute atomic E-state index is 13.5. The fourth-order valence-electron chi connectivity index (χ4n) is 5.76. The number of anilines is 1. The van der Waals surface area contributed by atoms with Gasteiger partial charge in [0, 0.05) is 55.4 Å². The van der Waals surface area contributed by atoms with E-state index >= 15 is 0 Å². The summed E-state index contributed by atoms with van der Waals surface area (Å²) in [6.07, 6.45) is -1.91. The highest BCUT2D eigenvalue weighted by atomic mass is 19.4. The number of fused-ring (bicyclic) bond motifs is 1. The van der Waals surface area contributed by atoms with E-state index in [1.54, 1.807) is 26.0 Å². The number of hydrogen-bond donors (Lipinski definition) is 2. The number of halogens is 3. The SMILES string of the molecule is COc1cc2nc(C)nc(N[C@H](C)c3cc([N+](=O)[O-])cc(C(F)(F)F)c3)c2cc1OC1CCN(C(=O)C2CCNCC2)CC1. The third kappa shape index (κ3) is 6.95. The molecule has 2 aromatic carbocycles. The van der Waals surface area contributed by atoms with Gasteiger partial charge in [0.25, 0.3) is 5.69 Å². The number of benzene rings is 2. The van der Waals surface area contributed by atoms with Gasteiger partial charge in [0.05, 0.1) is 29.2 Å². The number of nitrogens with zero attached hydrogens (tertiary/aromatic N) is 4. The molecule has 44 heavy (non-hydrogen) atoms. The average Bonchev–Trinajstić information content (AvgIpc) is 3.00. The van der Waals surface area contributed by atoms with Crippen molar-refractivity contribution in [2.45, 2.75) is 57.9 Å². The van der Waals surface area contributed by atoms with Crippen molar-refractivity contribution in [1.29, 1.82) is 0 Å². The van der Waals surface area contributed by atoms with E-state index in [1.165, 1.54) is 7.11 Å². The van der Waals surface area contributed by atoms with Gasteiger partial charge in [-0.2, -0.15) is 13.2 Å². The Morgan fingerprint density at radius 3 is 2.43 bits per heavy atom. The highest BCUT2D eigenvalue weighted by molar-refractivity contribution is 5.92. The summed E-state index contributed by atoms with van der Waals surface area (Å²) in [7, 11) is 1.52. The molecule has 3 heterocycles. The Morgan fingerprint density at radius 2 is 1.80 bits per heavy atom. The summed E-state index contributed by atoms with van der Waals surface area (Å²) < 4.78 is 52.5. The first kappa shape index (κ1) is 31.2. The molecule has 2 saturated heterocycles. The zero-order valence-corrected chi connectivity index (χ0v) is 24.7. The molecule has 0 aliphatic carbocycles. The third-order valence-electron chi connectivity index (χ3n) is 8.16. The van der Waals surface area contributed by atoms with E-state index in [-0.39, 0.29) is 23.5 Å². The van der Waals surface area contributed by atoms with Gasteiger partial charge in [-0.05, 0) is 57.5 Å². The van der Waals surface area contributed by atoms with Crippen LogP contribution in [0.5, 0.6) is 11.5 Å². The highest BCUT2D eigenvalue weighted by Crippen LogP contribution is 2.38. The van der Waals surface area contributed by atoms with Crippen molar-refractivity contribution in [2.24, 2.45) is 5.92 Å². The van der Waals surface area contributed by atoms with Crippen molar-refractivity contribution >= 4 is 28.3 Å². The molecular formula is C30H35F3N6O5. The van der Waals surface area contributed by atoms with Crippen LogP contribution < -0.4 is 20.1 Å². The Hall–Kier alpha value is -4.20. The van der Waals surface area contributed by atoms with Gasteiger partial charge >= 0.3 is 6.18 Å². The second-order valence-electron chi connectivity index (χ2n) is 11.2. The first-order valence-corrected chi connectivity index (χ1v) is 14.6. The lowest BCUT2D eigenvalue weighted by atomic mass is 9.95. The number of nitro benzene ring substituents is 1. The summed E-state index contributed by atoms with van der Waals surface area (Å²) in [6, 6.07) is 5.18. The number of aryl methyl sites for hydroxylation is 1. The molecule has 1 aromatic heterocycles. The van der Waals surface area contributed by atoms with E-state index in [1.807, 2.05) is 4.90 Å². The number of hydrogen-bond acceptors (Lipinski definition) is 9. The molecule has 0 saturated carbocycles. The molecule has 2 fully saturated rings. The molecule has 5 rings (SSSR count). The third-order valence-corrected chi connectivity index (χ3v) is 8.16. The number of methoxy groups -OCH3 is 1. The van der Waals surface area contributed by atoms with Crippen LogP contribution in [0.4, 0.5) is 24.7 Å². The molecule has 11 nitrogen and oxygen atoms in total. The van der Waals surface area contributed by atoms with Gasteiger partial charge in [-0.15, -0.1) is 0 Å². The van der Waals surface area contributed by atoms with E-state index in [4.69, 9.17) is 9.47 Å². The van der Waals surface area contributed by atoms with Crippen LogP contribution in [0.1, 0.15) is 55.6 Å². The first-order valence-electron chi connectivity index (χ1n) is 14.6. The summed E-state index contributed by atoms with van der Waals surface area (Å²) in [6.45, 7) is 6.19. The number of likely N-dealkylation sites (tertiary alicyclic amines) is 1. The standard InChI is InChI=1S/C30H35F3N6O5/c1-17(20-12-21(30(31,32)33)14-22(13-20)39(41)42)35-28-24-15-27(26(43-3)16-25(24)36-18(2)37-28)44-23-6-10-38(11-7-23)29(40)19-4-8-34-9-5-19/h12-17,19,23,34H,4-11H2,1-3H3,(H,35,36,37)/t17-/m1/s1. The number of nitro groups is 1. The Labute approximate surface area is 252 Å². The van der Waals surface area contributed by atoms with Crippen LogP contribution in [0.25, 0.3) is 10.9 Å². The van der Waals surface area contributed by atoms with Gasteiger partial charge in [-0.25, -0.2) is 9.97 Å².